The van der Waals surface area contributed by atoms with Crippen molar-refractivity contribution in [3.05, 3.63) is 29.6 Å². The van der Waals surface area contributed by atoms with Gasteiger partial charge in [0.05, 0.1) is 16.6 Å². The van der Waals surface area contributed by atoms with Crippen LogP contribution in [0.5, 0.6) is 0 Å². The summed E-state index contributed by atoms with van der Waals surface area (Å²) < 4.78 is 13.1. The fourth-order valence-corrected chi connectivity index (χ4v) is 2.58. The van der Waals surface area contributed by atoms with Crippen molar-refractivity contribution < 1.29 is 14.1 Å². The Hall–Kier alpha value is -1.69. The van der Waals surface area contributed by atoms with Gasteiger partial charge >= 0.3 is 5.97 Å². The Morgan fingerprint density at radius 3 is 2.79 bits per heavy atom. The third kappa shape index (κ3) is 2.68. The number of hydrogen-bond donors (Lipinski definition) is 1. The lowest BCUT2D eigenvalue weighted by Gasteiger charge is -2.08. The van der Waals surface area contributed by atoms with E-state index in [1.165, 1.54) is 0 Å². The minimum absolute atomic E-state index is 0.242. The van der Waals surface area contributed by atoms with E-state index in [1.54, 1.807) is 24.5 Å². The van der Waals surface area contributed by atoms with Gasteiger partial charge in [-0.25, -0.2) is 9.78 Å². The molecule has 0 radical (unpaired) electrons. The number of aryl methyl sites for hydroxylation is 2. The molecule has 2 rings (SSSR count). The first kappa shape index (κ1) is 13.7. The summed E-state index contributed by atoms with van der Waals surface area (Å²) in [6, 6.07) is 5.08. The van der Waals surface area contributed by atoms with Crippen LogP contribution in [0.1, 0.15) is 23.1 Å². The summed E-state index contributed by atoms with van der Waals surface area (Å²) in [5, 5.41) is 9.27. The van der Waals surface area contributed by atoms with Crippen molar-refractivity contribution in [3.8, 4) is 0 Å². The number of aromatic nitrogens is 2. The van der Waals surface area contributed by atoms with Crippen molar-refractivity contribution in [2.24, 2.45) is 0 Å². The number of aromatic carboxylic acids is 1. The van der Waals surface area contributed by atoms with Crippen LogP contribution in [0.2, 0.25) is 0 Å². The molecule has 2 aromatic rings. The second-order valence-electron chi connectivity index (χ2n) is 4.29. The van der Waals surface area contributed by atoms with Gasteiger partial charge < -0.3 is 9.67 Å². The Morgan fingerprint density at radius 2 is 2.21 bits per heavy atom. The molecule has 19 heavy (non-hydrogen) atoms. The predicted molar refractivity (Wildman–Crippen MR) is 75.0 cm³/mol. The minimum atomic E-state index is -0.966. The normalized spacial score (nSPS) is 12.7. The van der Waals surface area contributed by atoms with Crippen molar-refractivity contribution >= 4 is 27.8 Å². The van der Waals surface area contributed by atoms with Crippen LogP contribution in [-0.2, 0) is 23.8 Å². The number of imidazole rings is 1. The van der Waals surface area contributed by atoms with E-state index >= 15 is 0 Å². The van der Waals surface area contributed by atoms with Crippen LogP contribution in [0.4, 0.5) is 0 Å². The monoisotopic (exact) mass is 280 g/mol. The van der Waals surface area contributed by atoms with E-state index in [-0.39, 0.29) is 5.56 Å². The number of nitrogens with zero attached hydrogens (tertiary/aromatic N) is 2. The van der Waals surface area contributed by atoms with Crippen LogP contribution in [0.3, 0.4) is 0 Å². The van der Waals surface area contributed by atoms with E-state index in [1.807, 2.05) is 11.5 Å². The number of fused-ring (bicyclic) bond motifs is 1. The van der Waals surface area contributed by atoms with Gasteiger partial charge in [0.1, 0.15) is 5.82 Å². The number of rotatable bonds is 5. The van der Waals surface area contributed by atoms with Gasteiger partial charge in [0.2, 0.25) is 0 Å². The maximum atomic E-state index is 11.3. The fourth-order valence-electron chi connectivity index (χ4n) is 2.14. The first-order valence-corrected chi connectivity index (χ1v) is 7.78. The Bertz CT molecular complexity index is 649. The first-order chi connectivity index (χ1) is 9.04. The van der Waals surface area contributed by atoms with Gasteiger partial charge in [-0.05, 0) is 12.1 Å². The molecule has 5 nitrogen and oxygen atoms in total. The highest BCUT2D eigenvalue weighted by Crippen LogP contribution is 2.21. The number of hydrogen-bond acceptors (Lipinski definition) is 3. The molecule has 1 aromatic carbocycles. The van der Waals surface area contributed by atoms with Crippen LogP contribution in [0.15, 0.2) is 18.2 Å². The largest absolute Gasteiger partial charge is 0.478 e. The lowest BCUT2D eigenvalue weighted by Crippen LogP contribution is -2.11. The number of benzene rings is 1. The van der Waals surface area contributed by atoms with Crippen molar-refractivity contribution in [1.82, 2.24) is 9.55 Å². The summed E-state index contributed by atoms with van der Waals surface area (Å²) in [7, 11) is -0.917. The summed E-state index contributed by atoms with van der Waals surface area (Å²) in [5.41, 5.74) is 1.54. The Kier molecular flexibility index (Phi) is 3.99. The molecule has 1 aromatic heterocycles. The molecule has 102 valence electrons. The molecule has 0 aliphatic rings. The average molecular weight is 280 g/mol. The highest BCUT2D eigenvalue weighted by molar-refractivity contribution is 7.84. The van der Waals surface area contributed by atoms with Gasteiger partial charge in [-0.2, -0.15) is 0 Å². The van der Waals surface area contributed by atoms with Crippen molar-refractivity contribution in [2.75, 3.05) is 12.0 Å². The van der Waals surface area contributed by atoms with E-state index < -0.39 is 16.8 Å². The van der Waals surface area contributed by atoms with Gasteiger partial charge in [0.15, 0.2) is 0 Å². The molecule has 0 fully saturated rings. The highest BCUT2D eigenvalue weighted by Gasteiger charge is 2.16. The van der Waals surface area contributed by atoms with E-state index in [0.29, 0.717) is 29.8 Å². The smallest absolute Gasteiger partial charge is 0.337 e. The SMILES string of the molecule is CCc1nc2cccc(C(=O)O)c2n1CCS(C)=O. The van der Waals surface area contributed by atoms with E-state index in [0.717, 1.165) is 5.82 Å². The average Bonchev–Trinajstić information content (AvgIpc) is 2.73. The van der Waals surface area contributed by atoms with Gasteiger partial charge in [0, 0.05) is 35.8 Å². The lowest BCUT2D eigenvalue weighted by molar-refractivity contribution is 0.0698. The van der Waals surface area contributed by atoms with Crippen molar-refractivity contribution in [1.29, 1.82) is 0 Å². The number of carbonyl (C=O) groups is 1. The Morgan fingerprint density at radius 1 is 1.47 bits per heavy atom. The summed E-state index contributed by atoms with van der Waals surface area (Å²) >= 11 is 0. The quantitative estimate of drug-likeness (QED) is 0.904. The van der Waals surface area contributed by atoms with Gasteiger partial charge in [-0.15, -0.1) is 0 Å². The zero-order valence-corrected chi connectivity index (χ0v) is 11.7. The summed E-state index contributed by atoms with van der Waals surface area (Å²) in [5.74, 6) is 0.355. The number of carboxylic acid groups (broad SMARTS) is 1. The third-order valence-corrected chi connectivity index (χ3v) is 3.75. The molecule has 0 bridgehead atoms. The van der Waals surface area contributed by atoms with Gasteiger partial charge in [-0.1, -0.05) is 13.0 Å². The lowest BCUT2D eigenvalue weighted by atomic mass is 10.2. The number of para-hydroxylation sites is 1. The first-order valence-electron chi connectivity index (χ1n) is 6.06. The highest BCUT2D eigenvalue weighted by atomic mass is 32.2. The molecule has 0 spiro atoms. The van der Waals surface area contributed by atoms with Crippen LogP contribution in [0.25, 0.3) is 11.0 Å². The van der Waals surface area contributed by atoms with Gasteiger partial charge in [-0.3, -0.25) is 4.21 Å². The zero-order chi connectivity index (χ0) is 14.0. The molecular weight excluding hydrogens is 264 g/mol. The van der Waals surface area contributed by atoms with Gasteiger partial charge in [0.25, 0.3) is 0 Å². The molecule has 1 N–H and O–H groups in total. The standard InChI is InChI=1S/C13H16N2O3S/c1-3-11-14-10-6-4-5-9(13(16)17)12(10)15(11)7-8-19(2)18/h4-6H,3,7-8H2,1-2H3,(H,16,17). The third-order valence-electron chi connectivity index (χ3n) is 2.99. The summed E-state index contributed by atoms with van der Waals surface area (Å²) in [4.78, 5) is 15.8. The molecule has 6 heteroatoms. The van der Waals surface area contributed by atoms with Crippen molar-refractivity contribution in [3.63, 3.8) is 0 Å². The van der Waals surface area contributed by atoms with Crippen molar-refractivity contribution in [2.45, 2.75) is 19.9 Å². The molecule has 0 aliphatic carbocycles. The Balaban J connectivity index is 2.63. The second-order valence-corrected chi connectivity index (χ2v) is 5.84. The maximum absolute atomic E-state index is 11.3. The van der Waals surface area contributed by atoms with Crippen LogP contribution in [0, 0.1) is 0 Å². The molecule has 1 atom stereocenters. The van der Waals surface area contributed by atoms with E-state index in [4.69, 9.17) is 0 Å². The minimum Gasteiger partial charge on any atom is -0.478 e. The number of carboxylic acids is 1. The molecule has 1 unspecified atom stereocenters. The van der Waals surface area contributed by atoms with Crippen LogP contribution >= 0.6 is 0 Å². The second kappa shape index (κ2) is 5.52. The zero-order valence-electron chi connectivity index (χ0n) is 10.9. The molecule has 0 saturated carbocycles. The Labute approximate surface area is 113 Å². The van der Waals surface area contributed by atoms with Crippen LogP contribution in [-0.4, -0.2) is 36.8 Å². The van der Waals surface area contributed by atoms with E-state index in [2.05, 4.69) is 4.98 Å². The predicted octanol–water partition coefficient (Wildman–Crippen LogP) is 1.68. The molecule has 0 saturated heterocycles. The molecule has 1 heterocycles. The summed E-state index contributed by atoms with van der Waals surface area (Å²) in [6.07, 6.45) is 2.35. The summed E-state index contributed by atoms with van der Waals surface area (Å²) in [6.45, 7) is 2.49. The maximum Gasteiger partial charge on any atom is 0.337 e. The molecular formula is C13H16N2O3S. The van der Waals surface area contributed by atoms with E-state index in [9.17, 15) is 14.1 Å². The molecule has 0 aliphatic heterocycles. The topological polar surface area (TPSA) is 72.2 Å². The van der Waals surface area contributed by atoms with Crippen LogP contribution < -0.4 is 0 Å². The molecule has 0 amide bonds. The fraction of sp³-hybridized carbons (Fsp3) is 0.385.